The normalized spacial score (nSPS) is 11.8. The highest BCUT2D eigenvalue weighted by atomic mass is 79.9. The molecule has 1 nitrogen and oxygen atoms in total. The summed E-state index contributed by atoms with van der Waals surface area (Å²) in [7, 11) is 0. The topological polar surface area (TPSA) is 12.9 Å². The van der Waals surface area contributed by atoms with E-state index in [0.717, 1.165) is 6.07 Å². The lowest BCUT2D eigenvalue weighted by molar-refractivity contribution is -0.138. The van der Waals surface area contributed by atoms with Crippen LogP contribution in [0, 0.1) is 6.92 Å². The van der Waals surface area contributed by atoms with Crippen molar-refractivity contribution in [3.63, 3.8) is 0 Å². The lowest BCUT2D eigenvalue weighted by atomic mass is 10.2. The molecule has 0 atom stereocenters. The van der Waals surface area contributed by atoms with Crippen LogP contribution in [0.5, 0.6) is 0 Å². The molecule has 0 radical (unpaired) electrons. The van der Waals surface area contributed by atoms with Crippen molar-refractivity contribution >= 4 is 31.9 Å². The van der Waals surface area contributed by atoms with Crippen LogP contribution in [0.2, 0.25) is 0 Å². The van der Waals surface area contributed by atoms with Crippen molar-refractivity contribution in [2.24, 2.45) is 0 Å². The highest BCUT2D eigenvalue weighted by Gasteiger charge is 2.33. The van der Waals surface area contributed by atoms with Crippen LogP contribution < -0.4 is 0 Å². The molecule has 0 N–H and O–H groups in total. The molecule has 0 aliphatic heterocycles. The van der Waals surface area contributed by atoms with Crippen molar-refractivity contribution in [3.05, 3.63) is 26.4 Å². The van der Waals surface area contributed by atoms with Crippen LogP contribution >= 0.6 is 31.9 Å². The third kappa shape index (κ3) is 2.43. The number of rotatable bonds is 0. The van der Waals surface area contributed by atoms with E-state index >= 15 is 0 Å². The molecule has 13 heavy (non-hydrogen) atoms. The predicted molar refractivity (Wildman–Crippen MR) is 49.4 cm³/mol. The monoisotopic (exact) mass is 317 g/mol. The van der Waals surface area contributed by atoms with E-state index in [-0.39, 0.29) is 5.69 Å². The Bertz CT molecular complexity index is 335. The van der Waals surface area contributed by atoms with E-state index in [0.29, 0.717) is 9.08 Å². The smallest absolute Gasteiger partial charge is 0.244 e. The highest BCUT2D eigenvalue weighted by Crippen LogP contribution is 2.34. The number of hydrogen-bond acceptors (Lipinski definition) is 1. The molecule has 1 aromatic heterocycles. The van der Waals surface area contributed by atoms with E-state index in [1.165, 1.54) is 6.92 Å². The van der Waals surface area contributed by atoms with E-state index in [1.54, 1.807) is 0 Å². The van der Waals surface area contributed by atoms with Gasteiger partial charge in [0.15, 0.2) is 0 Å². The minimum atomic E-state index is -4.35. The maximum atomic E-state index is 12.3. The Kier molecular flexibility index (Phi) is 3.01. The van der Waals surface area contributed by atoms with Crippen molar-refractivity contribution in [3.8, 4) is 0 Å². The van der Waals surface area contributed by atoms with E-state index in [1.807, 2.05) is 0 Å². The van der Waals surface area contributed by atoms with Crippen LogP contribution in [-0.4, -0.2) is 4.98 Å². The molecule has 1 heterocycles. The first kappa shape index (κ1) is 11.0. The molecular weight excluding hydrogens is 315 g/mol. The second-order valence-corrected chi connectivity index (χ2v) is 4.00. The number of pyridine rings is 1. The molecule has 72 valence electrons. The van der Waals surface area contributed by atoms with Gasteiger partial charge in [-0.2, -0.15) is 13.2 Å². The minimum Gasteiger partial charge on any atom is -0.244 e. The van der Waals surface area contributed by atoms with Crippen LogP contribution in [0.4, 0.5) is 13.2 Å². The number of halogens is 5. The van der Waals surface area contributed by atoms with Gasteiger partial charge in [-0.15, -0.1) is 0 Å². The third-order valence-electron chi connectivity index (χ3n) is 1.43. The average Bonchev–Trinajstić information content (AvgIpc) is 1.94. The van der Waals surface area contributed by atoms with Gasteiger partial charge in [-0.25, -0.2) is 4.98 Å². The Morgan fingerprint density at radius 2 is 1.85 bits per heavy atom. The van der Waals surface area contributed by atoms with Gasteiger partial charge in [-0.05, 0) is 44.8 Å². The minimum absolute atomic E-state index is 0.0393. The largest absolute Gasteiger partial charge is 0.418 e. The van der Waals surface area contributed by atoms with Crippen LogP contribution in [0.1, 0.15) is 11.3 Å². The van der Waals surface area contributed by atoms with Gasteiger partial charge < -0.3 is 0 Å². The van der Waals surface area contributed by atoms with Crippen LogP contribution in [0.25, 0.3) is 0 Å². The van der Waals surface area contributed by atoms with Gasteiger partial charge >= 0.3 is 6.18 Å². The summed E-state index contributed by atoms with van der Waals surface area (Å²) in [5.41, 5.74) is -0.759. The first-order valence-corrected chi connectivity index (χ1v) is 4.81. The zero-order valence-electron chi connectivity index (χ0n) is 6.41. The summed E-state index contributed by atoms with van der Waals surface area (Å²) in [6, 6.07) is 1.01. The van der Waals surface area contributed by atoms with Gasteiger partial charge in [0.05, 0.1) is 15.7 Å². The maximum absolute atomic E-state index is 12.3. The van der Waals surface area contributed by atoms with Crippen molar-refractivity contribution in [1.29, 1.82) is 0 Å². The van der Waals surface area contributed by atoms with Crippen molar-refractivity contribution < 1.29 is 13.2 Å². The molecule has 0 spiro atoms. The fraction of sp³-hybridized carbons (Fsp3) is 0.286. The summed E-state index contributed by atoms with van der Waals surface area (Å²) in [5, 5.41) is 0. The number of alkyl halides is 3. The Hall–Kier alpha value is -0.100. The molecule has 0 bridgehead atoms. The van der Waals surface area contributed by atoms with Crippen molar-refractivity contribution in [2.45, 2.75) is 13.1 Å². The molecule has 1 aromatic rings. The molecule has 0 fully saturated rings. The van der Waals surface area contributed by atoms with Crippen LogP contribution in [0.15, 0.2) is 15.1 Å². The summed E-state index contributed by atoms with van der Waals surface area (Å²) in [6.07, 6.45) is -4.35. The summed E-state index contributed by atoms with van der Waals surface area (Å²) < 4.78 is 37.5. The number of aromatic nitrogens is 1. The van der Waals surface area contributed by atoms with Crippen LogP contribution in [-0.2, 0) is 6.18 Å². The van der Waals surface area contributed by atoms with Crippen LogP contribution in [0.3, 0.4) is 0 Å². The lowest BCUT2D eigenvalue weighted by Crippen LogP contribution is -2.09. The Balaban J connectivity index is 3.32. The summed E-state index contributed by atoms with van der Waals surface area (Å²) in [4.78, 5) is 3.69. The van der Waals surface area contributed by atoms with Crippen molar-refractivity contribution in [2.75, 3.05) is 0 Å². The Morgan fingerprint density at radius 3 is 2.31 bits per heavy atom. The van der Waals surface area contributed by atoms with Gasteiger partial charge in [0, 0.05) is 0 Å². The highest BCUT2D eigenvalue weighted by molar-refractivity contribution is 9.13. The summed E-state index contributed by atoms with van der Waals surface area (Å²) in [6.45, 7) is 1.32. The predicted octanol–water partition coefficient (Wildman–Crippen LogP) is 3.93. The second kappa shape index (κ2) is 3.57. The Morgan fingerprint density at radius 1 is 1.31 bits per heavy atom. The van der Waals surface area contributed by atoms with Crippen molar-refractivity contribution in [1.82, 2.24) is 4.98 Å². The zero-order chi connectivity index (χ0) is 10.2. The average molecular weight is 319 g/mol. The summed E-state index contributed by atoms with van der Waals surface area (Å²) in [5.74, 6) is 0. The second-order valence-electron chi connectivity index (χ2n) is 2.39. The molecule has 0 saturated carbocycles. The molecule has 0 aliphatic rings. The molecule has 0 aliphatic carbocycles. The first-order chi connectivity index (χ1) is 5.82. The fourth-order valence-electron chi connectivity index (χ4n) is 0.839. The molecule has 0 aromatic carbocycles. The lowest BCUT2D eigenvalue weighted by Gasteiger charge is -2.10. The van der Waals surface area contributed by atoms with Gasteiger partial charge in [0.25, 0.3) is 0 Å². The van der Waals surface area contributed by atoms with E-state index in [4.69, 9.17) is 0 Å². The quantitative estimate of drug-likeness (QED) is 0.660. The zero-order valence-corrected chi connectivity index (χ0v) is 9.59. The maximum Gasteiger partial charge on any atom is 0.418 e. The van der Waals surface area contributed by atoms with Gasteiger partial charge in [-0.3, -0.25) is 0 Å². The SMILES string of the molecule is Cc1nc(Br)c(Br)cc1C(F)(F)F. The summed E-state index contributed by atoms with van der Waals surface area (Å²) >= 11 is 5.98. The molecule has 0 saturated heterocycles. The standard InChI is InChI=1S/C7H4Br2F3N/c1-3-4(7(10,11)12)2-5(8)6(9)13-3/h2H,1H3. The van der Waals surface area contributed by atoms with Gasteiger partial charge in [0.2, 0.25) is 0 Å². The molecular formula is C7H4Br2F3N. The van der Waals surface area contributed by atoms with E-state index < -0.39 is 11.7 Å². The number of aryl methyl sites for hydroxylation is 1. The number of nitrogens with zero attached hydrogens (tertiary/aromatic N) is 1. The van der Waals surface area contributed by atoms with E-state index in [9.17, 15) is 13.2 Å². The molecule has 1 rings (SSSR count). The molecule has 0 amide bonds. The Labute approximate surface area is 89.6 Å². The van der Waals surface area contributed by atoms with Gasteiger partial charge in [0.1, 0.15) is 4.60 Å². The molecule has 6 heteroatoms. The molecule has 0 unspecified atom stereocenters. The third-order valence-corrected chi connectivity index (χ3v) is 3.17. The fourth-order valence-corrected chi connectivity index (χ4v) is 1.54. The van der Waals surface area contributed by atoms with Gasteiger partial charge in [-0.1, -0.05) is 0 Å². The number of hydrogen-bond donors (Lipinski definition) is 0. The first-order valence-electron chi connectivity index (χ1n) is 3.22. The van der Waals surface area contributed by atoms with E-state index in [2.05, 4.69) is 36.8 Å².